The number of rotatable bonds is 5. The quantitative estimate of drug-likeness (QED) is 0.451. The lowest BCUT2D eigenvalue weighted by Gasteiger charge is -2.31. The summed E-state index contributed by atoms with van der Waals surface area (Å²) < 4.78 is 7.71. The Hall–Kier alpha value is -3.32. The highest BCUT2D eigenvalue weighted by Crippen LogP contribution is 2.30. The molecule has 1 aromatic carbocycles. The van der Waals surface area contributed by atoms with E-state index >= 15 is 0 Å². The van der Waals surface area contributed by atoms with Gasteiger partial charge in [0.1, 0.15) is 16.5 Å². The second-order valence-corrected chi connectivity index (χ2v) is 9.68. The lowest BCUT2D eigenvalue weighted by atomic mass is 9.96. The molecule has 2 amide bonds. The van der Waals surface area contributed by atoms with Gasteiger partial charge in [0.05, 0.1) is 16.9 Å². The number of nitrogens with zero attached hydrogens (tertiary/aromatic N) is 2. The monoisotopic (exact) mass is 461 g/mol. The number of benzene rings is 1. The largest absolute Gasteiger partial charge is 0.465 e. The Labute approximate surface area is 196 Å². The van der Waals surface area contributed by atoms with E-state index in [0.717, 1.165) is 32.6 Å². The number of aryl methyl sites for hydroxylation is 2. The molecule has 0 radical (unpaired) electrons. The summed E-state index contributed by atoms with van der Waals surface area (Å²) in [6.07, 6.45) is 1.35. The van der Waals surface area contributed by atoms with Gasteiger partial charge >= 0.3 is 0 Å². The van der Waals surface area contributed by atoms with Crippen molar-refractivity contribution in [1.82, 2.24) is 14.8 Å². The molecule has 1 fully saturated rings. The molecule has 5 rings (SSSR count). The van der Waals surface area contributed by atoms with Crippen LogP contribution in [0.15, 0.2) is 59.0 Å². The molecule has 1 aliphatic rings. The molecule has 0 saturated carbocycles. The first kappa shape index (κ1) is 21.5. The van der Waals surface area contributed by atoms with E-state index in [1.807, 2.05) is 48.2 Å². The van der Waals surface area contributed by atoms with Crippen molar-refractivity contribution in [1.29, 1.82) is 0 Å². The van der Waals surface area contributed by atoms with Gasteiger partial charge in [0.25, 0.3) is 5.91 Å². The number of furan rings is 1. The average molecular weight is 462 g/mol. The van der Waals surface area contributed by atoms with Crippen LogP contribution in [0.25, 0.3) is 15.9 Å². The highest BCUT2D eigenvalue weighted by Gasteiger charge is 2.28. The van der Waals surface area contributed by atoms with E-state index in [9.17, 15) is 9.59 Å². The zero-order valence-corrected chi connectivity index (χ0v) is 19.7. The first-order valence-electron chi connectivity index (χ1n) is 11.3. The summed E-state index contributed by atoms with van der Waals surface area (Å²) in [7, 11) is 0. The molecular formula is C26H27N3O3S. The van der Waals surface area contributed by atoms with Gasteiger partial charge in [-0.1, -0.05) is 18.2 Å². The first-order valence-corrected chi connectivity index (χ1v) is 12.1. The summed E-state index contributed by atoms with van der Waals surface area (Å²) >= 11 is 1.52. The molecule has 170 valence electrons. The highest BCUT2D eigenvalue weighted by molar-refractivity contribution is 7.16. The van der Waals surface area contributed by atoms with Crippen LogP contribution < -0.4 is 5.32 Å². The summed E-state index contributed by atoms with van der Waals surface area (Å²) in [6, 6.07) is 18.2. The van der Waals surface area contributed by atoms with Crippen LogP contribution in [0.3, 0.4) is 0 Å². The van der Waals surface area contributed by atoms with Gasteiger partial charge in [-0.25, -0.2) is 0 Å². The Bertz CT molecular complexity index is 1310. The third kappa shape index (κ3) is 4.33. The minimum atomic E-state index is -0.0714. The topological polar surface area (TPSA) is 67.5 Å². The van der Waals surface area contributed by atoms with Gasteiger partial charge in [-0.2, -0.15) is 0 Å². The molecule has 33 heavy (non-hydrogen) atoms. The van der Waals surface area contributed by atoms with Crippen LogP contribution >= 0.6 is 11.3 Å². The van der Waals surface area contributed by atoms with Gasteiger partial charge in [-0.05, 0) is 63.1 Å². The van der Waals surface area contributed by atoms with Crippen LogP contribution in [0, 0.1) is 19.8 Å². The predicted molar refractivity (Wildman–Crippen MR) is 130 cm³/mol. The molecule has 3 aromatic heterocycles. The van der Waals surface area contributed by atoms with E-state index in [4.69, 9.17) is 4.42 Å². The van der Waals surface area contributed by atoms with Crippen molar-refractivity contribution in [2.45, 2.75) is 33.2 Å². The Morgan fingerprint density at radius 2 is 1.85 bits per heavy atom. The van der Waals surface area contributed by atoms with Crippen molar-refractivity contribution in [3.8, 4) is 5.00 Å². The molecule has 7 heteroatoms. The number of hydrogen-bond acceptors (Lipinski definition) is 4. The first-order chi connectivity index (χ1) is 16.0. The normalized spacial score (nSPS) is 14.7. The smallest absolute Gasteiger partial charge is 0.263 e. The van der Waals surface area contributed by atoms with Crippen LogP contribution in [-0.2, 0) is 11.3 Å². The molecule has 1 aliphatic heterocycles. The lowest BCUT2D eigenvalue weighted by Crippen LogP contribution is -2.42. The third-order valence-corrected chi connectivity index (χ3v) is 7.36. The number of amides is 2. The fraction of sp³-hybridized carbons (Fsp3) is 0.308. The van der Waals surface area contributed by atoms with E-state index in [0.29, 0.717) is 32.5 Å². The molecule has 1 saturated heterocycles. The van der Waals surface area contributed by atoms with Crippen molar-refractivity contribution in [2.24, 2.45) is 5.92 Å². The average Bonchev–Trinajstić information content (AvgIpc) is 3.54. The van der Waals surface area contributed by atoms with Crippen molar-refractivity contribution >= 4 is 34.1 Å². The number of carbonyl (C=O) groups is 2. The van der Waals surface area contributed by atoms with Crippen molar-refractivity contribution in [3.05, 3.63) is 76.7 Å². The molecule has 1 N–H and O–H groups in total. The van der Waals surface area contributed by atoms with Crippen LogP contribution in [0.5, 0.6) is 0 Å². The van der Waals surface area contributed by atoms with E-state index in [1.54, 1.807) is 0 Å². The summed E-state index contributed by atoms with van der Waals surface area (Å²) in [5.41, 5.74) is 2.29. The minimum absolute atomic E-state index is 0.0320. The Balaban J connectivity index is 1.20. The Morgan fingerprint density at radius 3 is 2.61 bits per heavy atom. The van der Waals surface area contributed by atoms with Crippen LogP contribution in [-0.4, -0.2) is 34.4 Å². The fourth-order valence-corrected chi connectivity index (χ4v) is 5.59. The molecule has 0 bridgehead atoms. The minimum Gasteiger partial charge on any atom is -0.465 e. The van der Waals surface area contributed by atoms with Crippen LogP contribution in [0.2, 0.25) is 0 Å². The second-order valence-electron chi connectivity index (χ2n) is 8.61. The zero-order chi connectivity index (χ0) is 22.9. The van der Waals surface area contributed by atoms with Crippen LogP contribution in [0.4, 0.5) is 0 Å². The van der Waals surface area contributed by atoms with Gasteiger partial charge < -0.3 is 19.2 Å². The molecule has 4 aromatic rings. The number of hydrogen-bond donors (Lipinski definition) is 1. The summed E-state index contributed by atoms with van der Waals surface area (Å²) in [5.74, 6) is 1.60. The van der Waals surface area contributed by atoms with Gasteiger partial charge in [-0.15, -0.1) is 11.3 Å². The maximum Gasteiger partial charge on any atom is 0.263 e. The van der Waals surface area contributed by atoms with Crippen LogP contribution in [0.1, 0.15) is 39.7 Å². The number of aromatic nitrogens is 1. The Kier molecular flexibility index (Phi) is 5.81. The van der Waals surface area contributed by atoms with E-state index in [-0.39, 0.29) is 17.7 Å². The number of piperidine rings is 1. The molecular weight excluding hydrogens is 434 g/mol. The van der Waals surface area contributed by atoms with E-state index in [1.165, 1.54) is 16.7 Å². The molecule has 4 heterocycles. The molecule has 0 unspecified atom stereocenters. The summed E-state index contributed by atoms with van der Waals surface area (Å²) in [5, 5.41) is 5.19. The number of para-hydroxylation sites is 1. The second kappa shape index (κ2) is 8.90. The van der Waals surface area contributed by atoms with E-state index < -0.39 is 0 Å². The number of nitrogens with one attached hydrogen (secondary N) is 1. The van der Waals surface area contributed by atoms with Crippen molar-refractivity contribution < 1.29 is 14.0 Å². The molecule has 0 aliphatic carbocycles. The maximum absolute atomic E-state index is 13.1. The number of carbonyl (C=O) groups excluding carboxylic acids is 2. The zero-order valence-electron chi connectivity index (χ0n) is 18.8. The summed E-state index contributed by atoms with van der Waals surface area (Å²) in [4.78, 5) is 28.3. The Morgan fingerprint density at radius 1 is 1.06 bits per heavy atom. The van der Waals surface area contributed by atoms with Gasteiger partial charge in [0.15, 0.2) is 0 Å². The molecule has 6 nitrogen and oxygen atoms in total. The van der Waals surface area contributed by atoms with Crippen molar-refractivity contribution in [2.75, 3.05) is 13.1 Å². The highest BCUT2D eigenvalue weighted by atomic mass is 32.1. The fourth-order valence-electron chi connectivity index (χ4n) is 4.55. The lowest BCUT2D eigenvalue weighted by molar-refractivity contribution is -0.126. The maximum atomic E-state index is 13.1. The van der Waals surface area contributed by atoms with Gasteiger partial charge in [-0.3, -0.25) is 9.59 Å². The standard InChI is InChI=1S/C26H27N3O3S/c1-17-15-20-5-3-4-6-22(20)29(17)24-10-9-23(33-24)26(31)28-13-11-19(12-14-28)25(30)27-16-21-8-7-18(2)32-21/h3-10,15,19H,11-14,16H2,1-2H3,(H,27,30). The number of fused-ring (bicyclic) bond motifs is 1. The third-order valence-electron chi connectivity index (χ3n) is 6.30. The summed E-state index contributed by atoms with van der Waals surface area (Å²) in [6.45, 7) is 5.56. The van der Waals surface area contributed by atoms with Gasteiger partial charge in [0, 0.05) is 30.1 Å². The SMILES string of the molecule is Cc1ccc(CNC(=O)C2CCN(C(=O)c3ccc(-n4c(C)cc5ccccc54)s3)CC2)o1. The predicted octanol–water partition coefficient (Wildman–Crippen LogP) is 5.07. The number of likely N-dealkylation sites (tertiary alicyclic amines) is 1. The molecule has 0 atom stereocenters. The van der Waals surface area contributed by atoms with Crippen molar-refractivity contribution in [3.63, 3.8) is 0 Å². The number of thiophene rings is 1. The van der Waals surface area contributed by atoms with E-state index in [2.05, 4.69) is 35.0 Å². The molecule has 0 spiro atoms. The van der Waals surface area contributed by atoms with Gasteiger partial charge in [0.2, 0.25) is 5.91 Å².